The zero-order valence-electron chi connectivity index (χ0n) is 7.92. The van der Waals surface area contributed by atoms with Gasteiger partial charge in [-0.1, -0.05) is 20.4 Å². The van der Waals surface area contributed by atoms with E-state index in [4.69, 9.17) is 0 Å². The van der Waals surface area contributed by atoms with E-state index in [1.54, 1.807) is 0 Å². The second-order valence-electron chi connectivity index (χ2n) is 3.48. The standard InChI is InChI=1S/C10H17NO/c1-4-9-8(3)6-7-11(9)10(12)5-2/h5,8-9H,2,4,6-7H2,1,3H3. The summed E-state index contributed by atoms with van der Waals surface area (Å²) in [6, 6.07) is 0.440. The normalized spacial score (nSPS) is 29.0. The molecule has 1 saturated heterocycles. The van der Waals surface area contributed by atoms with Gasteiger partial charge in [-0.2, -0.15) is 0 Å². The minimum Gasteiger partial charge on any atom is -0.336 e. The van der Waals surface area contributed by atoms with Crippen LogP contribution >= 0.6 is 0 Å². The van der Waals surface area contributed by atoms with E-state index in [2.05, 4.69) is 20.4 Å². The van der Waals surface area contributed by atoms with Crippen LogP contribution in [-0.2, 0) is 4.79 Å². The Balaban J connectivity index is 2.65. The molecular weight excluding hydrogens is 150 g/mol. The Morgan fingerprint density at radius 1 is 1.75 bits per heavy atom. The lowest BCUT2D eigenvalue weighted by Crippen LogP contribution is -2.35. The van der Waals surface area contributed by atoms with Crippen LogP contribution in [0.4, 0.5) is 0 Å². The highest BCUT2D eigenvalue weighted by atomic mass is 16.2. The van der Waals surface area contributed by atoms with Gasteiger partial charge in [-0.15, -0.1) is 0 Å². The summed E-state index contributed by atoms with van der Waals surface area (Å²) in [5, 5.41) is 0. The minimum atomic E-state index is 0.0891. The maximum atomic E-state index is 11.3. The lowest BCUT2D eigenvalue weighted by atomic mass is 10.0. The molecule has 0 spiro atoms. The van der Waals surface area contributed by atoms with Crippen LogP contribution in [0.1, 0.15) is 26.7 Å². The van der Waals surface area contributed by atoms with E-state index < -0.39 is 0 Å². The van der Waals surface area contributed by atoms with Gasteiger partial charge in [0.1, 0.15) is 0 Å². The number of carbonyl (C=O) groups is 1. The van der Waals surface area contributed by atoms with Crippen molar-refractivity contribution in [2.45, 2.75) is 32.7 Å². The van der Waals surface area contributed by atoms with Gasteiger partial charge in [0.05, 0.1) is 0 Å². The summed E-state index contributed by atoms with van der Waals surface area (Å²) in [4.78, 5) is 13.3. The van der Waals surface area contributed by atoms with Gasteiger partial charge in [0, 0.05) is 12.6 Å². The molecule has 0 N–H and O–H groups in total. The zero-order chi connectivity index (χ0) is 9.14. The molecule has 0 aromatic carbocycles. The van der Waals surface area contributed by atoms with Crippen molar-refractivity contribution < 1.29 is 4.79 Å². The molecule has 0 radical (unpaired) electrons. The van der Waals surface area contributed by atoms with E-state index in [1.807, 2.05) is 4.90 Å². The smallest absolute Gasteiger partial charge is 0.246 e. The van der Waals surface area contributed by atoms with Crippen LogP contribution in [0.15, 0.2) is 12.7 Å². The van der Waals surface area contributed by atoms with Crippen molar-refractivity contribution in [1.29, 1.82) is 0 Å². The fourth-order valence-corrected chi connectivity index (χ4v) is 2.02. The molecule has 0 saturated carbocycles. The van der Waals surface area contributed by atoms with E-state index >= 15 is 0 Å². The van der Waals surface area contributed by atoms with E-state index in [9.17, 15) is 4.79 Å². The molecule has 2 heteroatoms. The molecule has 68 valence electrons. The molecule has 0 aromatic rings. The van der Waals surface area contributed by atoms with Gasteiger partial charge in [0.2, 0.25) is 5.91 Å². The van der Waals surface area contributed by atoms with Crippen LogP contribution in [0.3, 0.4) is 0 Å². The quantitative estimate of drug-likeness (QED) is 0.574. The molecule has 0 aliphatic carbocycles. The molecular formula is C10H17NO. The fraction of sp³-hybridized carbons (Fsp3) is 0.700. The second-order valence-corrected chi connectivity index (χ2v) is 3.48. The molecule has 1 fully saturated rings. The number of hydrogen-bond acceptors (Lipinski definition) is 1. The first-order valence-electron chi connectivity index (χ1n) is 4.63. The molecule has 1 aliphatic rings. The average Bonchev–Trinajstić information content (AvgIpc) is 2.45. The zero-order valence-corrected chi connectivity index (χ0v) is 7.92. The molecule has 1 amide bonds. The van der Waals surface area contributed by atoms with Crippen molar-refractivity contribution in [3.8, 4) is 0 Å². The largest absolute Gasteiger partial charge is 0.336 e. The Morgan fingerprint density at radius 2 is 2.42 bits per heavy atom. The summed E-state index contributed by atoms with van der Waals surface area (Å²) in [6.45, 7) is 8.76. The van der Waals surface area contributed by atoms with Crippen LogP contribution in [-0.4, -0.2) is 23.4 Å². The van der Waals surface area contributed by atoms with Crippen molar-refractivity contribution in [1.82, 2.24) is 4.90 Å². The summed E-state index contributed by atoms with van der Waals surface area (Å²) in [5.74, 6) is 0.741. The summed E-state index contributed by atoms with van der Waals surface area (Å²) < 4.78 is 0. The van der Waals surface area contributed by atoms with Crippen LogP contribution < -0.4 is 0 Å². The summed E-state index contributed by atoms with van der Waals surface area (Å²) >= 11 is 0. The van der Waals surface area contributed by atoms with Crippen molar-refractivity contribution in [2.24, 2.45) is 5.92 Å². The molecule has 1 aliphatic heterocycles. The molecule has 2 atom stereocenters. The summed E-state index contributed by atoms with van der Waals surface area (Å²) in [7, 11) is 0. The molecule has 0 bridgehead atoms. The van der Waals surface area contributed by atoms with E-state index in [1.165, 1.54) is 6.08 Å². The molecule has 2 unspecified atom stereocenters. The van der Waals surface area contributed by atoms with Gasteiger partial charge in [0.15, 0.2) is 0 Å². The molecule has 0 aromatic heterocycles. The Bertz CT molecular complexity index is 188. The van der Waals surface area contributed by atoms with Gasteiger partial charge >= 0.3 is 0 Å². The monoisotopic (exact) mass is 167 g/mol. The predicted octanol–water partition coefficient (Wildman–Crippen LogP) is 1.82. The Hall–Kier alpha value is -0.790. The van der Waals surface area contributed by atoms with Crippen LogP contribution in [0.5, 0.6) is 0 Å². The van der Waals surface area contributed by atoms with Crippen LogP contribution in [0.25, 0.3) is 0 Å². The Labute approximate surface area is 74.2 Å². The summed E-state index contributed by atoms with van der Waals surface area (Å²) in [6.07, 6.45) is 3.61. The van der Waals surface area contributed by atoms with E-state index in [0.717, 1.165) is 19.4 Å². The first-order valence-corrected chi connectivity index (χ1v) is 4.63. The van der Waals surface area contributed by atoms with Crippen molar-refractivity contribution >= 4 is 5.91 Å². The Kier molecular flexibility index (Phi) is 2.90. The fourth-order valence-electron chi connectivity index (χ4n) is 2.02. The van der Waals surface area contributed by atoms with Gasteiger partial charge in [-0.25, -0.2) is 0 Å². The highest BCUT2D eigenvalue weighted by molar-refractivity contribution is 5.87. The number of nitrogens with zero attached hydrogens (tertiary/aromatic N) is 1. The molecule has 1 heterocycles. The van der Waals surface area contributed by atoms with Gasteiger partial charge in [-0.05, 0) is 24.8 Å². The van der Waals surface area contributed by atoms with Gasteiger partial charge in [0.25, 0.3) is 0 Å². The van der Waals surface area contributed by atoms with Crippen LogP contribution in [0, 0.1) is 5.92 Å². The first-order chi connectivity index (χ1) is 5.70. The third-order valence-electron chi connectivity index (χ3n) is 2.76. The highest BCUT2D eigenvalue weighted by Gasteiger charge is 2.31. The number of hydrogen-bond donors (Lipinski definition) is 0. The molecule has 2 nitrogen and oxygen atoms in total. The maximum absolute atomic E-state index is 11.3. The predicted molar refractivity (Wildman–Crippen MR) is 49.8 cm³/mol. The van der Waals surface area contributed by atoms with Crippen molar-refractivity contribution in [3.05, 3.63) is 12.7 Å². The second kappa shape index (κ2) is 3.74. The molecule has 12 heavy (non-hydrogen) atoms. The Morgan fingerprint density at radius 3 is 2.92 bits per heavy atom. The summed E-state index contributed by atoms with van der Waals surface area (Å²) in [5.41, 5.74) is 0. The third kappa shape index (κ3) is 1.52. The van der Waals surface area contributed by atoms with Crippen molar-refractivity contribution in [2.75, 3.05) is 6.54 Å². The SMILES string of the molecule is C=CC(=O)N1CCC(C)C1CC. The van der Waals surface area contributed by atoms with E-state index in [0.29, 0.717) is 12.0 Å². The van der Waals surface area contributed by atoms with Crippen LogP contribution in [0.2, 0.25) is 0 Å². The van der Waals surface area contributed by atoms with Gasteiger partial charge < -0.3 is 4.90 Å². The third-order valence-corrected chi connectivity index (χ3v) is 2.76. The minimum absolute atomic E-state index is 0.0891. The lowest BCUT2D eigenvalue weighted by molar-refractivity contribution is -0.127. The molecule has 1 rings (SSSR count). The number of likely N-dealkylation sites (tertiary alicyclic amines) is 1. The number of rotatable bonds is 2. The number of amides is 1. The number of carbonyl (C=O) groups excluding carboxylic acids is 1. The lowest BCUT2D eigenvalue weighted by Gasteiger charge is -2.24. The van der Waals surface area contributed by atoms with E-state index in [-0.39, 0.29) is 5.91 Å². The topological polar surface area (TPSA) is 20.3 Å². The van der Waals surface area contributed by atoms with Crippen molar-refractivity contribution in [3.63, 3.8) is 0 Å². The van der Waals surface area contributed by atoms with Gasteiger partial charge in [-0.3, -0.25) is 4.79 Å². The maximum Gasteiger partial charge on any atom is 0.246 e. The first kappa shape index (κ1) is 9.30. The highest BCUT2D eigenvalue weighted by Crippen LogP contribution is 2.25. The average molecular weight is 167 g/mol.